The van der Waals surface area contributed by atoms with Crippen molar-refractivity contribution in [2.75, 3.05) is 0 Å². The van der Waals surface area contributed by atoms with E-state index >= 15 is 0 Å². The molecule has 1 aromatic carbocycles. The van der Waals surface area contributed by atoms with E-state index in [9.17, 15) is 9.90 Å². The lowest BCUT2D eigenvalue weighted by molar-refractivity contribution is 0.0687. The smallest absolute Gasteiger partial charge is 0.346 e. The first-order valence-corrected chi connectivity index (χ1v) is 6.91. The summed E-state index contributed by atoms with van der Waals surface area (Å²) in [4.78, 5) is 11.7. The van der Waals surface area contributed by atoms with Gasteiger partial charge < -0.3 is 14.3 Å². The molecule has 0 spiro atoms. The zero-order valence-corrected chi connectivity index (χ0v) is 11.4. The van der Waals surface area contributed by atoms with E-state index in [-0.39, 0.29) is 6.61 Å². The molecule has 0 bridgehead atoms. The van der Waals surface area contributed by atoms with Crippen LogP contribution in [0.5, 0.6) is 0 Å². The average molecular weight is 288 g/mol. The van der Waals surface area contributed by atoms with E-state index in [1.54, 1.807) is 12.3 Å². The van der Waals surface area contributed by atoms with Crippen LogP contribution >= 0.6 is 11.3 Å². The van der Waals surface area contributed by atoms with Crippen molar-refractivity contribution in [2.45, 2.75) is 13.2 Å². The minimum Gasteiger partial charge on any atom is -0.477 e. The van der Waals surface area contributed by atoms with Crippen molar-refractivity contribution in [2.24, 2.45) is 0 Å². The van der Waals surface area contributed by atoms with Crippen molar-refractivity contribution in [3.05, 3.63) is 58.9 Å². The van der Waals surface area contributed by atoms with E-state index in [1.165, 1.54) is 11.3 Å². The number of hydrogen-bond acceptors (Lipinski definition) is 4. The molecular formula is C15H12O4S. The molecule has 0 aliphatic rings. The number of thiophene rings is 1. The number of fused-ring (bicyclic) bond motifs is 1. The van der Waals surface area contributed by atoms with Crippen LogP contribution < -0.4 is 0 Å². The fraction of sp³-hybridized carbons (Fsp3) is 0.133. The van der Waals surface area contributed by atoms with Crippen molar-refractivity contribution >= 4 is 27.4 Å². The normalized spacial score (nSPS) is 11.0. The number of rotatable bonds is 5. The van der Waals surface area contributed by atoms with Gasteiger partial charge >= 0.3 is 5.97 Å². The molecule has 1 N–H and O–H groups in total. The number of ether oxygens (including phenoxy) is 1. The first-order chi connectivity index (χ1) is 9.75. The molecule has 0 saturated carbocycles. The van der Waals surface area contributed by atoms with E-state index in [0.717, 1.165) is 21.4 Å². The summed E-state index contributed by atoms with van der Waals surface area (Å²) in [6.45, 7) is 0.586. The highest BCUT2D eigenvalue weighted by molar-refractivity contribution is 7.21. The van der Waals surface area contributed by atoms with Gasteiger partial charge in [-0.3, -0.25) is 0 Å². The van der Waals surface area contributed by atoms with Gasteiger partial charge in [-0.1, -0.05) is 18.2 Å². The van der Waals surface area contributed by atoms with Gasteiger partial charge in [0.1, 0.15) is 17.2 Å². The van der Waals surface area contributed by atoms with Crippen LogP contribution in [0.1, 0.15) is 21.0 Å². The summed E-state index contributed by atoms with van der Waals surface area (Å²) in [5.41, 5.74) is 0.727. The summed E-state index contributed by atoms with van der Waals surface area (Å²) in [6.07, 6.45) is 1.58. The van der Waals surface area contributed by atoms with E-state index in [1.807, 2.05) is 30.3 Å². The Morgan fingerprint density at radius 3 is 2.80 bits per heavy atom. The highest BCUT2D eigenvalue weighted by Gasteiger charge is 2.17. The molecule has 0 fully saturated rings. The number of hydrogen-bond donors (Lipinski definition) is 1. The molecule has 2 heterocycles. The Hall–Kier alpha value is -2.11. The van der Waals surface area contributed by atoms with Gasteiger partial charge in [-0.05, 0) is 23.6 Å². The van der Waals surface area contributed by atoms with Gasteiger partial charge in [0.05, 0.1) is 12.9 Å². The van der Waals surface area contributed by atoms with Crippen molar-refractivity contribution in [1.82, 2.24) is 0 Å². The van der Waals surface area contributed by atoms with Gasteiger partial charge in [-0.15, -0.1) is 11.3 Å². The molecule has 0 aliphatic carbocycles. The summed E-state index contributed by atoms with van der Waals surface area (Å²) in [6, 6.07) is 11.3. The van der Waals surface area contributed by atoms with Gasteiger partial charge in [0.25, 0.3) is 0 Å². The molecule has 3 aromatic rings. The predicted octanol–water partition coefficient (Wildman–Crippen LogP) is 3.91. The fourth-order valence-corrected chi connectivity index (χ4v) is 3.11. The maximum Gasteiger partial charge on any atom is 0.346 e. The molecule has 4 nitrogen and oxygen atoms in total. The van der Waals surface area contributed by atoms with Crippen LogP contribution in [0.3, 0.4) is 0 Å². The minimum atomic E-state index is -0.914. The van der Waals surface area contributed by atoms with Crippen molar-refractivity contribution < 1.29 is 19.1 Å². The third kappa shape index (κ3) is 2.45. The summed E-state index contributed by atoms with van der Waals surface area (Å²) in [5.74, 6) is -0.191. The monoisotopic (exact) mass is 288 g/mol. The Bertz CT molecular complexity index is 728. The van der Waals surface area contributed by atoms with Crippen LogP contribution in [-0.4, -0.2) is 11.1 Å². The second kappa shape index (κ2) is 5.48. The fourth-order valence-electron chi connectivity index (χ4n) is 2.06. The zero-order valence-electron chi connectivity index (χ0n) is 10.5. The van der Waals surface area contributed by atoms with Gasteiger partial charge in [0.15, 0.2) is 0 Å². The van der Waals surface area contributed by atoms with Gasteiger partial charge in [0.2, 0.25) is 0 Å². The average Bonchev–Trinajstić information content (AvgIpc) is 3.07. The molecule has 5 heteroatoms. The summed E-state index contributed by atoms with van der Waals surface area (Å²) in [7, 11) is 0. The van der Waals surface area contributed by atoms with E-state index < -0.39 is 5.97 Å². The lowest BCUT2D eigenvalue weighted by Gasteiger charge is -2.03. The van der Waals surface area contributed by atoms with Crippen molar-refractivity contribution in [3.63, 3.8) is 0 Å². The Kier molecular flexibility index (Phi) is 3.54. The number of carbonyl (C=O) groups is 1. The molecule has 0 aliphatic heterocycles. The minimum absolute atomic E-state index is 0.256. The molecule has 3 rings (SSSR count). The maximum atomic E-state index is 11.3. The quantitative estimate of drug-likeness (QED) is 0.773. The summed E-state index contributed by atoms with van der Waals surface area (Å²) in [5, 5.41) is 10.2. The van der Waals surface area contributed by atoms with E-state index in [0.29, 0.717) is 11.5 Å². The second-order valence-corrected chi connectivity index (χ2v) is 5.34. The highest BCUT2D eigenvalue weighted by atomic mass is 32.1. The van der Waals surface area contributed by atoms with Gasteiger partial charge in [0, 0.05) is 10.3 Å². The molecule has 20 heavy (non-hydrogen) atoms. The third-order valence-corrected chi connectivity index (χ3v) is 4.16. The number of carboxylic acid groups (broad SMARTS) is 1. The number of aromatic carboxylic acids is 1. The van der Waals surface area contributed by atoms with Crippen molar-refractivity contribution in [3.8, 4) is 0 Å². The topological polar surface area (TPSA) is 59.7 Å². The Morgan fingerprint density at radius 2 is 2.05 bits per heavy atom. The Balaban J connectivity index is 1.85. The molecular weight excluding hydrogens is 276 g/mol. The molecule has 2 aromatic heterocycles. The lowest BCUT2D eigenvalue weighted by Crippen LogP contribution is -2.00. The zero-order chi connectivity index (χ0) is 13.9. The lowest BCUT2D eigenvalue weighted by atomic mass is 10.1. The Labute approximate surface area is 119 Å². The largest absolute Gasteiger partial charge is 0.477 e. The first-order valence-electron chi connectivity index (χ1n) is 6.09. The van der Waals surface area contributed by atoms with Gasteiger partial charge in [-0.2, -0.15) is 0 Å². The molecule has 0 amide bonds. The third-order valence-electron chi connectivity index (χ3n) is 2.96. The molecule has 0 atom stereocenters. The van der Waals surface area contributed by atoms with E-state index in [4.69, 9.17) is 9.15 Å². The summed E-state index contributed by atoms with van der Waals surface area (Å²) >= 11 is 1.28. The molecule has 102 valence electrons. The highest BCUT2D eigenvalue weighted by Crippen LogP contribution is 2.32. The molecule has 0 unspecified atom stereocenters. The number of furan rings is 1. The van der Waals surface area contributed by atoms with Crippen LogP contribution in [0.4, 0.5) is 0 Å². The maximum absolute atomic E-state index is 11.3. The predicted molar refractivity (Wildman–Crippen MR) is 76.0 cm³/mol. The second-order valence-electron chi connectivity index (χ2n) is 4.28. The van der Waals surface area contributed by atoms with Crippen LogP contribution in [0.25, 0.3) is 10.1 Å². The van der Waals surface area contributed by atoms with Gasteiger partial charge in [-0.25, -0.2) is 4.79 Å². The molecule has 0 radical (unpaired) electrons. The van der Waals surface area contributed by atoms with E-state index in [2.05, 4.69) is 0 Å². The number of carboxylic acids is 1. The molecule has 0 saturated heterocycles. The van der Waals surface area contributed by atoms with Crippen LogP contribution in [0.2, 0.25) is 0 Å². The van der Waals surface area contributed by atoms with Crippen molar-refractivity contribution in [1.29, 1.82) is 0 Å². The first kappa shape index (κ1) is 12.9. The SMILES string of the molecule is O=C(O)c1sc2ccccc2c1COCc1ccco1. The number of benzene rings is 1. The van der Waals surface area contributed by atoms with Crippen LogP contribution in [0, 0.1) is 0 Å². The standard InChI is InChI=1S/C15H12O4S/c16-15(17)14-12(9-18-8-10-4-3-7-19-10)11-5-1-2-6-13(11)20-14/h1-7H,8-9H2,(H,16,17). The Morgan fingerprint density at radius 1 is 1.20 bits per heavy atom. The van der Waals surface area contributed by atoms with Crippen LogP contribution in [-0.2, 0) is 18.0 Å². The summed E-state index contributed by atoms with van der Waals surface area (Å²) < 4.78 is 11.7. The van der Waals surface area contributed by atoms with Crippen LogP contribution in [0.15, 0.2) is 47.1 Å².